The maximum atomic E-state index is 12.2. The number of hydrogen-bond donors (Lipinski definition) is 7. The first-order valence-corrected chi connectivity index (χ1v) is 7.90. The molecular formula is C13H22N4O7S. The Bertz CT molecular complexity index is 529. The van der Waals surface area contributed by atoms with Gasteiger partial charge in [0.15, 0.2) is 0 Å². The summed E-state index contributed by atoms with van der Waals surface area (Å²) in [4.78, 5) is 56.7. The number of rotatable bonds is 11. The van der Waals surface area contributed by atoms with E-state index in [2.05, 4.69) is 28.6 Å². The van der Waals surface area contributed by atoms with Crippen molar-refractivity contribution in [3.05, 3.63) is 0 Å². The molecule has 0 aromatic rings. The van der Waals surface area contributed by atoms with Gasteiger partial charge in [-0.3, -0.25) is 24.0 Å². The number of carboxylic acid groups (broad SMARTS) is 2. The Balaban J connectivity index is 4.83. The molecule has 7 N–H and O–H groups in total. The molecule has 25 heavy (non-hydrogen) atoms. The number of carboxylic acids is 2. The number of carbonyl (C=O) groups excluding carboxylic acids is 3. The number of aliphatic carboxylic acids is 2. The highest BCUT2D eigenvalue weighted by molar-refractivity contribution is 7.80. The third-order valence-corrected chi connectivity index (χ3v) is 3.37. The topological polar surface area (TPSA) is 188 Å². The maximum absolute atomic E-state index is 12.2. The first-order valence-electron chi connectivity index (χ1n) is 7.27. The van der Waals surface area contributed by atoms with E-state index < -0.39 is 60.8 Å². The number of thiol groups is 1. The van der Waals surface area contributed by atoms with E-state index in [1.54, 1.807) is 0 Å². The lowest BCUT2D eigenvalue weighted by Gasteiger charge is -2.21. The fourth-order valence-electron chi connectivity index (χ4n) is 1.59. The van der Waals surface area contributed by atoms with Crippen LogP contribution in [0.15, 0.2) is 0 Å². The van der Waals surface area contributed by atoms with Gasteiger partial charge >= 0.3 is 11.9 Å². The van der Waals surface area contributed by atoms with Crippen LogP contribution in [-0.2, 0) is 24.0 Å². The second-order valence-electron chi connectivity index (χ2n) is 5.12. The number of nitrogens with one attached hydrogen (secondary N) is 3. The molecule has 11 nitrogen and oxygen atoms in total. The Kier molecular flexibility index (Phi) is 10.2. The molecule has 0 rings (SSSR count). The fourth-order valence-corrected chi connectivity index (χ4v) is 1.76. The smallest absolute Gasteiger partial charge is 0.322 e. The maximum Gasteiger partial charge on any atom is 0.322 e. The molecule has 0 radical (unpaired) electrons. The predicted molar refractivity (Wildman–Crippen MR) is 88.9 cm³/mol. The van der Waals surface area contributed by atoms with E-state index in [0.29, 0.717) is 0 Å². The molecule has 0 saturated carbocycles. The zero-order valence-corrected chi connectivity index (χ0v) is 14.4. The summed E-state index contributed by atoms with van der Waals surface area (Å²) in [5.41, 5.74) is 5.48. The predicted octanol–water partition coefficient (Wildman–Crippen LogP) is -2.70. The van der Waals surface area contributed by atoms with Crippen LogP contribution in [0.4, 0.5) is 0 Å². The van der Waals surface area contributed by atoms with Gasteiger partial charge in [-0.1, -0.05) is 0 Å². The minimum absolute atomic E-state index is 0.0209. The zero-order chi connectivity index (χ0) is 19.6. The van der Waals surface area contributed by atoms with E-state index in [1.807, 2.05) is 0 Å². The van der Waals surface area contributed by atoms with Gasteiger partial charge in [-0.05, 0) is 13.3 Å². The normalized spacial score (nSPS) is 13.9. The lowest BCUT2D eigenvalue weighted by molar-refractivity contribution is -0.138. The van der Waals surface area contributed by atoms with Crippen LogP contribution in [0.25, 0.3) is 0 Å². The van der Waals surface area contributed by atoms with Crippen molar-refractivity contribution in [1.29, 1.82) is 0 Å². The van der Waals surface area contributed by atoms with Gasteiger partial charge in [0.25, 0.3) is 0 Å². The molecular weight excluding hydrogens is 356 g/mol. The third-order valence-electron chi connectivity index (χ3n) is 2.98. The Morgan fingerprint density at radius 2 is 1.60 bits per heavy atom. The number of nitrogens with two attached hydrogens (primary N) is 1. The fraction of sp³-hybridized carbons (Fsp3) is 0.615. The minimum atomic E-state index is -1.25. The monoisotopic (exact) mass is 378 g/mol. The highest BCUT2D eigenvalue weighted by atomic mass is 32.1. The first kappa shape index (κ1) is 22.7. The molecule has 3 atom stereocenters. The Hall–Kier alpha value is -2.34. The van der Waals surface area contributed by atoms with Crippen LogP contribution in [0.5, 0.6) is 0 Å². The van der Waals surface area contributed by atoms with Gasteiger partial charge in [-0.2, -0.15) is 12.6 Å². The highest BCUT2D eigenvalue weighted by Crippen LogP contribution is 2.00. The SMILES string of the molecule is CC(NC(=O)C(CCC(=O)O)NC(=O)C(N)CS)C(=O)NCC(=O)O. The van der Waals surface area contributed by atoms with Crippen molar-refractivity contribution in [2.24, 2.45) is 5.73 Å². The molecule has 142 valence electrons. The standard InChI is InChI=1S/C13H22N4O7S/c1-6(11(22)15-4-10(20)21)16-13(24)8(2-3-9(18)19)17-12(23)7(14)5-25/h6-8,25H,2-5,14H2,1H3,(H,15,22)(H,16,24)(H,17,23)(H,18,19)(H,20,21). The molecule has 0 fully saturated rings. The van der Waals surface area contributed by atoms with E-state index in [9.17, 15) is 24.0 Å². The highest BCUT2D eigenvalue weighted by Gasteiger charge is 2.26. The van der Waals surface area contributed by atoms with Gasteiger partial charge in [0.1, 0.15) is 18.6 Å². The summed E-state index contributed by atoms with van der Waals surface area (Å²) in [6.45, 7) is 0.694. The summed E-state index contributed by atoms with van der Waals surface area (Å²) in [6, 6.07) is -3.29. The molecule has 0 aliphatic rings. The first-order chi connectivity index (χ1) is 11.6. The molecule has 0 aliphatic carbocycles. The summed E-state index contributed by atoms with van der Waals surface area (Å²) in [5, 5.41) is 23.9. The van der Waals surface area contributed by atoms with Crippen molar-refractivity contribution in [1.82, 2.24) is 16.0 Å². The average molecular weight is 378 g/mol. The van der Waals surface area contributed by atoms with Gasteiger partial charge in [0.05, 0.1) is 6.04 Å². The van der Waals surface area contributed by atoms with Crippen LogP contribution in [-0.4, -0.2) is 70.3 Å². The van der Waals surface area contributed by atoms with Crippen LogP contribution in [0.2, 0.25) is 0 Å². The quantitative estimate of drug-likeness (QED) is 0.189. The molecule has 0 bridgehead atoms. The van der Waals surface area contributed by atoms with E-state index in [4.69, 9.17) is 15.9 Å². The largest absolute Gasteiger partial charge is 0.481 e. The second kappa shape index (κ2) is 11.3. The minimum Gasteiger partial charge on any atom is -0.481 e. The molecule has 0 aromatic carbocycles. The average Bonchev–Trinajstić information content (AvgIpc) is 2.54. The van der Waals surface area contributed by atoms with Crippen LogP contribution >= 0.6 is 12.6 Å². The van der Waals surface area contributed by atoms with Crippen molar-refractivity contribution in [3.8, 4) is 0 Å². The summed E-state index contributed by atoms with van der Waals surface area (Å²) in [5.74, 6) is -4.63. The molecule has 12 heteroatoms. The molecule has 0 aromatic heterocycles. The third kappa shape index (κ3) is 9.52. The molecule has 0 heterocycles. The summed E-state index contributed by atoms with van der Waals surface area (Å²) in [7, 11) is 0. The van der Waals surface area contributed by atoms with Gasteiger partial charge in [-0.25, -0.2) is 0 Å². The Labute approximate surface area is 149 Å². The van der Waals surface area contributed by atoms with Crippen molar-refractivity contribution in [2.45, 2.75) is 37.9 Å². The lowest BCUT2D eigenvalue weighted by Crippen LogP contribution is -2.55. The Morgan fingerprint density at radius 1 is 1.00 bits per heavy atom. The molecule has 3 unspecified atom stereocenters. The number of carbonyl (C=O) groups is 5. The van der Waals surface area contributed by atoms with Gasteiger partial charge in [0.2, 0.25) is 17.7 Å². The van der Waals surface area contributed by atoms with Crippen LogP contribution in [0.1, 0.15) is 19.8 Å². The van der Waals surface area contributed by atoms with E-state index >= 15 is 0 Å². The number of amides is 3. The summed E-state index contributed by atoms with van der Waals surface area (Å²) in [6.07, 6.45) is -0.607. The van der Waals surface area contributed by atoms with Crippen molar-refractivity contribution < 1.29 is 34.2 Å². The van der Waals surface area contributed by atoms with E-state index in [1.165, 1.54) is 6.92 Å². The van der Waals surface area contributed by atoms with E-state index in [-0.39, 0.29) is 12.2 Å². The summed E-state index contributed by atoms with van der Waals surface area (Å²) < 4.78 is 0. The lowest BCUT2D eigenvalue weighted by atomic mass is 10.1. The van der Waals surface area contributed by atoms with E-state index in [0.717, 1.165) is 0 Å². The number of hydrogen-bond acceptors (Lipinski definition) is 7. The van der Waals surface area contributed by atoms with Crippen LogP contribution < -0.4 is 21.7 Å². The van der Waals surface area contributed by atoms with Gasteiger partial charge < -0.3 is 31.9 Å². The molecule has 0 saturated heterocycles. The van der Waals surface area contributed by atoms with Crippen molar-refractivity contribution >= 4 is 42.3 Å². The van der Waals surface area contributed by atoms with Gasteiger partial charge in [0, 0.05) is 12.2 Å². The van der Waals surface area contributed by atoms with Gasteiger partial charge in [-0.15, -0.1) is 0 Å². The Morgan fingerprint density at radius 3 is 2.08 bits per heavy atom. The van der Waals surface area contributed by atoms with Crippen molar-refractivity contribution in [2.75, 3.05) is 12.3 Å². The molecule has 0 spiro atoms. The summed E-state index contributed by atoms with van der Waals surface area (Å²) >= 11 is 3.85. The van der Waals surface area contributed by atoms with Crippen molar-refractivity contribution in [3.63, 3.8) is 0 Å². The molecule has 0 aliphatic heterocycles. The molecule has 3 amide bonds. The van der Waals surface area contributed by atoms with Crippen LogP contribution in [0, 0.1) is 0 Å². The van der Waals surface area contributed by atoms with Crippen LogP contribution in [0.3, 0.4) is 0 Å². The second-order valence-corrected chi connectivity index (χ2v) is 5.49. The zero-order valence-electron chi connectivity index (χ0n) is 13.5.